The molecule has 0 spiro atoms. The van der Waals surface area contributed by atoms with E-state index in [0.717, 1.165) is 22.0 Å². The van der Waals surface area contributed by atoms with Gasteiger partial charge in [-0.05, 0) is 12.1 Å². The first-order valence-corrected chi connectivity index (χ1v) is 8.28. The first-order valence-electron chi connectivity index (χ1n) is 7.40. The molecule has 0 aliphatic carbocycles. The van der Waals surface area contributed by atoms with Crippen molar-refractivity contribution in [3.8, 4) is 5.69 Å². The number of carbonyl (C=O) groups excluding carboxylic acids is 2. The molecule has 0 bridgehead atoms. The molecular formula is C19H13NO3S. The molecule has 0 aliphatic rings. The Morgan fingerprint density at radius 3 is 2.50 bits per heavy atom. The number of ether oxygens (including phenoxy) is 1. The van der Waals surface area contributed by atoms with Gasteiger partial charge in [0.05, 0.1) is 23.9 Å². The van der Waals surface area contributed by atoms with Gasteiger partial charge >= 0.3 is 5.97 Å². The van der Waals surface area contributed by atoms with Crippen LogP contribution in [0.4, 0.5) is 0 Å². The third-order valence-corrected chi connectivity index (χ3v) is 5.00. The predicted octanol–water partition coefficient (Wildman–Crippen LogP) is 4.20. The number of fused-ring (bicyclic) bond motifs is 2. The van der Waals surface area contributed by atoms with Crippen LogP contribution >= 0.6 is 11.3 Å². The highest BCUT2D eigenvalue weighted by Crippen LogP contribution is 2.33. The standard InChI is InChI=1S/C19H13NO3S/c1-23-19(22)18(21)14-10-20(15-8-4-2-6-12(14)15)16-11-24-17-9-5-3-7-13(16)17/h2-11H,1H3. The molecule has 0 N–H and O–H groups in total. The summed E-state index contributed by atoms with van der Waals surface area (Å²) in [5.74, 6) is -1.49. The molecular weight excluding hydrogens is 322 g/mol. The molecule has 0 aliphatic heterocycles. The monoisotopic (exact) mass is 335 g/mol. The maximum Gasteiger partial charge on any atom is 0.379 e. The van der Waals surface area contributed by atoms with E-state index in [-0.39, 0.29) is 0 Å². The zero-order valence-electron chi connectivity index (χ0n) is 12.9. The number of esters is 1. The fourth-order valence-corrected chi connectivity index (χ4v) is 3.85. The molecule has 0 amide bonds. The molecule has 5 heteroatoms. The van der Waals surface area contributed by atoms with Crippen LogP contribution in [0, 0.1) is 0 Å². The van der Waals surface area contributed by atoms with Crippen LogP contribution in [0.1, 0.15) is 10.4 Å². The second kappa shape index (κ2) is 5.62. The number of methoxy groups -OCH3 is 1. The van der Waals surface area contributed by atoms with E-state index in [9.17, 15) is 9.59 Å². The van der Waals surface area contributed by atoms with E-state index in [0.29, 0.717) is 5.56 Å². The third-order valence-electron chi connectivity index (χ3n) is 4.05. The van der Waals surface area contributed by atoms with Crippen LogP contribution < -0.4 is 0 Å². The Kier molecular flexibility index (Phi) is 3.43. The number of hydrogen-bond donors (Lipinski definition) is 0. The molecule has 118 valence electrons. The largest absolute Gasteiger partial charge is 0.463 e. The fourth-order valence-electron chi connectivity index (χ4n) is 2.91. The van der Waals surface area contributed by atoms with Gasteiger partial charge in [-0.1, -0.05) is 36.4 Å². The van der Waals surface area contributed by atoms with Crippen LogP contribution in [0.15, 0.2) is 60.1 Å². The SMILES string of the molecule is COC(=O)C(=O)c1cn(-c2csc3ccccc23)c2ccccc12. The lowest BCUT2D eigenvalue weighted by molar-refractivity contribution is -0.135. The van der Waals surface area contributed by atoms with Gasteiger partial charge in [0.2, 0.25) is 0 Å². The molecule has 0 fully saturated rings. The summed E-state index contributed by atoms with van der Waals surface area (Å²) in [6.07, 6.45) is 1.72. The predicted molar refractivity (Wildman–Crippen MR) is 95.0 cm³/mol. The van der Waals surface area contributed by atoms with Gasteiger partial charge < -0.3 is 9.30 Å². The van der Waals surface area contributed by atoms with Crippen molar-refractivity contribution < 1.29 is 14.3 Å². The number of Topliss-reactive ketones (excluding diaryl/α,β-unsaturated/α-hetero) is 1. The molecule has 0 radical (unpaired) electrons. The second-order valence-electron chi connectivity index (χ2n) is 5.37. The molecule has 0 atom stereocenters. The van der Waals surface area contributed by atoms with Crippen molar-refractivity contribution in [3.05, 3.63) is 65.7 Å². The molecule has 4 nitrogen and oxygen atoms in total. The van der Waals surface area contributed by atoms with Gasteiger partial charge in [0.25, 0.3) is 5.78 Å². The Bertz CT molecular complexity index is 1090. The van der Waals surface area contributed by atoms with Crippen molar-refractivity contribution in [3.63, 3.8) is 0 Å². The van der Waals surface area contributed by atoms with E-state index in [4.69, 9.17) is 0 Å². The Labute approximate surface area is 141 Å². The summed E-state index contributed by atoms with van der Waals surface area (Å²) in [7, 11) is 1.21. The topological polar surface area (TPSA) is 48.3 Å². The molecule has 24 heavy (non-hydrogen) atoms. The first-order chi connectivity index (χ1) is 11.7. The van der Waals surface area contributed by atoms with Crippen molar-refractivity contribution in [2.45, 2.75) is 0 Å². The van der Waals surface area contributed by atoms with E-state index in [2.05, 4.69) is 22.2 Å². The minimum Gasteiger partial charge on any atom is -0.463 e. The molecule has 2 heterocycles. The summed E-state index contributed by atoms with van der Waals surface area (Å²) in [5, 5.41) is 3.91. The summed E-state index contributed by atoms with van der Waals surface area (Å²) in [6, 6.07) is 15.7. The maximum atomic E-state index is 12.4. The Balaban J connectivity index is 2.00. The summed E-state index contributed by atoms with van der Waals surface area (Å²) in [5.41, 5.74) is 2.23. The number of carbonyl (C=O) groups is 2. The summed E-state index contributed by atoms with van der Waals surface area (Å²) >= 11 is 1.65. The van der Waals surface area contributed by atoms with Crippen molar-refractivity contribution >= 4 is 44.1 Å². The molecule has 2 aromatic carbocycles. The number of para-hydroxylation sites is 1. The lowest BCUT2D eigenvalue weighted by Gasteiger charge is -2.03. The van der Waals surface area contributed by atoms with Crippen LogP contribution in [0.25, 0.3) is 26.7 Å². The van der Waals surface area contributed by atoms with Gasteiger partial charge in [-0.25, -0.2) is 4.79 Å². The van der Waals surface area contributed by atoms with Crippen LogP contribution in [-0.4, -0.2) is 23.4 Å². The average molecular weight is 335 g/mol. The molecule has 0 unspecified atom stereocenters. The van der Waals surface area contributed by atoms with Gasteiger partial charge in [0.1, 0.15) is 0 Å². The highest BCUT2D eigenvalue weighted by molar-refractivity contribution is 7.17. The lowest BCUT2D eigenvalue weighted by atomic mass is 10.1. The van der Waals surface area contributed by atoms with Crippen molar-refractivity contribution in [1.29, 1.82) is 0 Å². The van der Waals surface area contributed by atoms with E-state index in [1.165, 1.54) is 11.8 Å². The van der Waals surface area contributed by atoms with E-state index < -0.39 is 11.8 Å². The van der Waals surface area contributed by atoms with E-state index in [1.807, 2.05) is 41.0 Å². The van der Waals surface area contributed by atoms with Gasteiger partial charge in [0, 0.05) is 27.0 Å². The van der Waals surface area contributed by atoms with Gasteiger partial charge in [-0.2, -0.15) is 0 Å². The summed E-state index contributed by atoms with van der Waals surface area (Å²) in [4.78, 5) is 24.0. The minimum absolute atomic E-state index is 0.354. The molecule has 4 aromatic rings. The number of hydrogen-bond acceptors (Lipinski definition) is 4. The molecule has 0 saturated carbocycles. The summed E-state index contributed by atoms with van der Waals surface area (Å²) < 4.78 is 7.72. The van der Waals surface area contributed by atoms with Crippen LogP contribution in [0.5, 0.6) is 0 Å². The normalized spacial score (nSPS) is 11.0. The van der Waals surface area contributed by atoms with E-state index in [1.54, 1.807) is 17.5 Å². The molecule has 2 aromatic heterocycles. The van der Waals surface area contributed by atoms with Crippen LogP contribution in [-0.2, 0) is 9.53 Å². The smallest absolute Gasteiger partial charge is 0.379 e. The van der Waals surface area contributed by atoms with Gasteiger partial charge in [-0.15, -0.1) is 11.3 Å². The number of thiophene rings is 1. The van der Waals surface area contributed by atoms with Crippen molar-refractivity contribution in [1.82, 2.24) is 4.57 Å². The van der Waals surface area contributed by atoms with Crippen molar-refractivity contribution in [2.24, 2.45) is 0 Å². The number of rotatable bonds is 3. The number of nitrogens with zero attached hydrogens (tertiary/aromatic N) is 1. The quantitative estimate of drug-likeness (QED) is 0.320. The highest BCUT2D eigenvalue weighted by atomic mass is 32.1. The minimum atomic E-state index is -0.854. The second-order valence-corrected chi connectivity index (χ2v) is 6.28. The number of ketones is 1. The summed E-state index contributed by atoms with van der Waals surface area (Å²) in [6.45, 7) is 0. The van der Waals surface area contributed by atoms with E-state index >= 15 is 0 Å². The highest BCUT2D eigenvalue weighted by Gasteiger charge is 2.23. The zero-order chi connectivity index (χ0) is 16.7. The Morgan fingerprint density at radius 2 is 1.71 bits per heavy atom. The Morgan fingerprint density at radius 1 is 1.00 bits per heavy atom. The van der Waals surface area contributed by atoms with Crippen LogP contribution in [0.2, 0.25) is 0 Å². The lowest BCUT2D eigenvalue weighted by Crippen LogP contribution is -2.15. The van der Waals surface area contributed by atoms with Gasteiger partial charge in [0.15, 0.2) is 0 Å². The van der Waals surface area contributed by atoms with Crippen LogP contribution in [0.3, 0.4) is 0 Å². The third kappa shape index (κ3) is 2.13. The first kappa shape index (κ1) is 14.7. The zero-order valence-corrected chi connectivity index (χ0v) is 13.7. The molecule has 0 saturated heterocycles. The maximum absolute atomic E-state index is 12.4. The van der Waals surface area contributed by atoms with Crippen molar-refractivity contribution in [2.75, 3.05) is 7.11 Å². The number of benzene rings is 2. The van der Waals surface area contributed by atoms with Gasteiger partial charge in [-0.3, -0.25) is 4.79 Å². The fraction of sp³-hybridized carbons (Fsp3) is 0.0526. The average Bonchev–Trinajstić information content (AvgIpc) is 3.21. The Hall–Kier alpha value is -2.92. The number of aromatic nitrogens is 1. The molecule has 4 rings (SSSR count).